The first-order valence-corrected chi connectivity index (χ1v) is 7.88. The molecule has 0 amide bonds. The zero-order valence-corrected chi connectivity index (χ0v) is 13.7. The second-order valence-corrected chi connectivity index (χ2v) is 6.14. The Kier molecular flexibility index (Phi) is 4.54. The van der Waals surface area contributed by atoms with E-state index in [1.807, 2.05) is 30.5 Å². The second-order valence-electron chi connectivity index (χ2n) is 4.88. The Hall–Kier alpha value is -1.42. The van der Waals surface area contributed by atoms with Crippen LogP contribution in [0.1, 0.15) is 11.1 Å². The maximum atomic E-state index is 5.99. The summed E-state index contributed by atoms with van der Waals surface area (Å²) in [7, 11) is 0. The van der Waals surface area contributed by atoms with Crippen LogP contribution in [0.3, 0.4) is 0 Å². The number of hydrogen-bond acceptors (Lipinski definition) is 2. The molecule has 1 aromatic heterocycles. The van der Waals surface area contributed by atoms with E-state index in [2.05, 4.69) is 50.5 Å². The summed E-state index contributed by atoms with van der Waals surface area (Å²) in [6, 6.07) is 16.4. The Morgan fingerprint density at radius 1 is 1.00 bits per heavy atom. The first-order chi connectivity index (χ1) is 10.2. The number of halogens is 2. The van der Waals surface area contributed by atoms with E-state index in [4.69, 9.17) is 11.6 Å². The molecule has 0 aliphatic carbocycles. The van der Waals surface area contributed by atoms with Gasteiger partial charge >= 0.3 is 0 Å². The van der Waals surface area contributed by atoms with Gasteiger partial charge in [0.25, 0.3) is 0 Å². The predicted molar refractivity (Wildman–Crippen MR) is 91.4 cm³/mol. The molecule has 4 heteroatoms. The van der Waals surface area contributed by atoms with Crippen LogP contribution in [-0.4, -0.2) is 4.98 Å². The van der Waals surface area contributed by atoms with Crippen molar-refractivity contribution in [1.82, 2.24) is 10.3 Å². The van der Waals surface area contributed by atoms with Gasteiger partial charge < -0.3 is 5.32 Å². The van der Waals surface area contributed by atoms with Crippen molar-refractivity contribution in [3.05, 3.63) is 75.4 Å². The number of aromatic nitrogens is 1. The van der Waals surface area contributed by atoms with E-state index >= 15 is 0 Å². The first kappa shape index (κ1) is 14.5. The molecule has 0 radical (unpaired) electrons. The predicted octanol–water partition coefficient (Wildman–Crippen LogP) is 4.94. The molecule has 0 spiro atoms. The summed E-state index contributed by atoms with van der Waals surface area (Å²) in [6.07, 6.45) is 1.82. The monoisotopic (exact) mass is 360 g/mol. The largest absolute Gasteiger partial charge is 0.309 e. The third-order valence-electron chi connectivity index (χ3n) is 3.31. The van der Waals surface area contributed by atoms with Crippen molar-refractivity contribution in [3.8, 4) is 0 Å². The summed E-state index contributed by atoms with van der Waals surface area (Å²) >= 11 is 9.44. The minimum absolute atomic E-state index is 0.737. The lowest BCUT2D eigenvalue weighted by atomic mass is 10.1. The van der Waals surface area contributed by atoms with Crippen molar-refractivity contribution in [1.29, 1.82) is 0 Å². The number of nitrogens with zero attached hydrogens (tertiary/aromatic N) is 1. The maximum Gasteiger partial charge on any atom is 0.0702 e. The highest BCUT2D eigenvalue weighted by Crippen LogP contribution is 2.23. The van der Waals surface area contributed by atoms with Crippen molar-refractivity contribution in [2.75, 3.05) is 0 Å². The van der Waals surface area contributed by atoms with Crippen LogP contribution in [0.4, 0.5) is 0 Å². The summed E-state index contributed by atoms with van der Waals surface area (Å²) in [5, 5.41) is 5.35. The van der Waals surface area contributed by atoms with Gasteiger partial charge in [0.15, 0.2) is 0 Å². The molecule has 0 bridgehead atoms. The summed E-state index contributed by atoms with van der Waals surface area (Å²) in [4.78, 5) is 4.33. The molecule has 2 nitrogen and oxygen atoms in total. The fourth-order valence-corrected chi connectivity index (χ4v) is 2.78. The van der Waals surface area contributed by atoms with E-state index in [1.54, 1.807) is 0 Å². The Morgan fingerprint density at radius 3 is 2.57 bits per heavy atom. The van der Waals surface area contributed by atoms with Gasteiger partial charge in [-0.15, -0.1) is 0 Å². The standard InChI is InChI=1S/C17H14BrClN2/c18-15-9-13(3-5-16(15)19)11-20-10-12-4-6-17-14(8-12)2-1-7-21-17/h1-9,20H,10-11H2. The number of pyridine rings is 1. The maximum absolute atomic E-state index is 5.99. The molecule has 1 N–H and O–H groups in total. The van der Waals surface area contributed by atoms with Crippen LogP contribution in [0.25, 0.3) is 10.9 Å². The minimum atomic E-state index is 0.737. The van der Waals surface area contributed by atoms with Gasteiger partial charge in [0, 0.05) is 29.1 Å². The molecule has 0 saturated carbocycles. The van der Waals surface area contributed by atoms with Gasteiger partial charge in [0.2, 0.25) is 0 Å². The van der Waals surface area contributed by atoms with Crippen molar-refractivity contribution in [2.45, 2.75) is 13.1 Å². The van der Waals surface area contributed by atoms with E-state index < -0.39 is 0 Å². The van der Waals surface area contributed by atoms with Gasteiger partial charge in [-0.05, 0) is 57.4 Å². The Labute approximate surface area is 137 Å². The molecule has 0 saturated heterocycles. The molecule has 3 rings (SSSR count). The van der Waals surface area contributed by atoms with Crippen LogP contribution < -0.4 is 5.32 Å². The minimum Gasteiger partial charge on any atom is -0.309 e. The van der Waals surface area contributed by atoms with E-state index in [9.17, 15) is 0 Å². The molecule has 2 aromatic carbocycles. The Balaban J connectivity index is 1.64. The second kappa shape index (κ2) is 6.56. The molecule has 0 aliphatic heterocycles. The zero-order valence-electron chi connectivity index (χ0n) is 11.3. The highest BCUT2D eigenvalue weighted by Gasteiger charge is 2.00. The van der Waals surface area contributed by atoms with Crippen molar-refractivity contribution in [3.63, 3.8) is 0 Å². The highest BCUT2D eigenvalue weighted by molar-refractivity contribution is 9.10. The molecule has 0 atom stereocenters. The quantitative estimate of drug-likeness (QED) is 0.712. The van der Waals surface area contributed by atoms with Crippen molar-refractivity contribution >= 4 is 38.4 Å². The number of rotatable bonds is 4. The lowest BCUT2D eigenvalue weighted by Crippen LogP contribution is -2.12. The molecule has 106 valence electrons. The number of benzene rings is 2. The van der Waals surface area contributed by atoms with Crippen LogP contribution in [0, 0.1) is 0 Å². The van der Waals surface area contributed by atoms with Crippen molar-refractivity contribution < 1.29 is 0 Å². The first-order valence-electron chi connectivity index (χ1n) is 6.71. The lowest BCUT2D eigenvalue weighted by molar-refractivity contribution is 0.694. The van der Waals surface area contributed by atoms with E-state index in [1.165, 1.54) is 16.5 Å². The summed E-state index contributed by atoms with van der Waals surface area (Å²) in [5.41, 5.74) is 3.49. The van der Waals surface area contributed by atoms with Crippen LogP contribution in [0.15, 0.2) is 59.2 Å². The molecule has 0 unspecified atom stereocenters. The third-order valence-corrected chi connectivity index (χ3v) is 4.52. The molecule has 1 heterocycles. The van der Waals surface area contributed by atoms with E-state index in [0.717, 1.165) is 28.1 Å². The van der Waals surface area contributed by atoms with Crippen LogP contribution >= 0.6 is 27.5 Å². The molecule has 3 aromatic rings. The van der Waals surface area contributed by atoms with Gasteiger partial charge in [-0.3, -0.25) is 4.98 Å². The molecule has 0 aliphatic rings. The molecule has 0 fully saturated rings. The summed E-state index contributed by atoms with van der Waals surface area (Å²) in [6.45, 7) is 1.63. The highest BCUT2D eigenvalue weighted by atomic mass is 79.9. The van der Waals surface area contributed by atoms with Gasteiger partial charge in [-0.25, -0.2) is 0 Å². The topological polar surface area (TPSA) is 24.9 Å². The van der Waals surface area contributed by atoms with Gasteiger partial charge in [0.1, 0.15) is 0 Å². The average molecular weight is 362 g/mol. The Morgan fingerprint density at radius 2 is 1.76 bits per heavy atom. The zero-order chi connectivity index (χ0) is 14.7. The molecular weight excluding hydrogens is 348 g/mol. The Bertz CT molecular complexity index is 774. The molecule has 21 heavy (non-hydrogen) atoms. The van der Waals surface area contributed by atoms with Crippen LogP contribution in [0.2, 0.25) is 5.02 Å². The third kappa shape index (κ3) is 3.62. The lowest BCUT2D eigenvalue weighted by Gasteiger charge is -2.07. The van der Waals surface area contributed by atoms with Crippen LogP contribution in [0.5, 0.6) is 0 Å². The van der Waals surface area contributed by atoms with Gasteiger partial charge in [-0.1, -0.05) is 29.8 Å². The number of hydrogen-bond donors (Lipinski definition) is 1. The van der Waals surface area contributed by atoms with Crippen LogP contribution in [-0.2, 0) is 13.1 Å². The van der Waals surface area contributed by atoms with Gasteiger partial charge in [0.05, 0.1) is 10.5 Å². The van der Waals surface area contributed by atoms with Crippen molar-refractivity contribution in [2.24, 2.45) is 0 Å². The number of fused-ring (bicyclic) bond motifs is 1. The van der Waals surface area contributed by atoms with E-state index in [0.29, 0.717) is 0 Å². The molecular formula is C17H14BrClN2. The number of nitrogens with one attached hydrogen (secondary N) is 1. The smallest absolute Gasteiger partial charge is 0.0702 e. The SMILES string of the molecule is Clc1ccc(CNCc2ccc3ncccc3c2)cc1Br. The normalized spacial score (nSPS) is 11.0. The fraction of sp³-hybridized carbons (Fsp3) is 0.118. The van der Waals surface area contributed by atoms with E-state index in [-0.39, 0.29) is 0 Å². The average Bonchev–Trinajstić information content (AvgIpc) is 2.51. The van der Waals surface area contributed by atoms with Gasteiger partial charge in [-0.2, -0.15) is 0 Å². The summed E-state index contributed by atoms with van der Waals surface area (Å²) < 4.78 is 0.931. The summed E-state index contributed by atoms with van der Waals surface area (Å²) in [5.74, 6) is 0. The fourth-order valence-electron chi connectivity index (χ4n) is 2.24.